The van der Waals surface area contributed by atoms with Crippen molar-refractivity contribution in [2.45, 2.75) is 32.1 Å². The molecule has 9 heteroatoms. The molecule has 1 aliphatic carbocycles. The summed E-state index contributed by atoms with van der Waals surface area (Å²) in [6, 6.07) is 13.7. The van der Waals surface area contributed by atoms with Crippen molar-refractivity contribution in [1.82, 2.24) is 35.1 Å². The van der Waals surface area contributed by atoms with Crippen molar-refractivity contribution in [3.63, 3.8) is 0 Å². The second-order valence-corrected chi connectivity index (χ2v) is 9.99. The molecule has 0 spiro atoms. The summed E-state index contributed by atoms with van der Waals surface area (Å²) in [5.74, 6) is 0.157. The van der Waals surface area contributed by atoms with E-state index < -0.39 is 0 Å². The van der Waals surface area contributed by atoms with Gasteiger partial charge in [0.2, 0.25) is 5.91 Å². The molecule has 0 aliphatic heterocycles. The van der Waals surface area contributed by atoms with Gasteiger partial charge in [-0.3, -0.25) is 24.8 Å². The SMILES string of the molecule is O=C(Nc1cncc(-c2ccc3[nH]nc(-c4cc5c(-c6ccncc6)nccc5[nH]4)c3n2)c1)C1CCCCC1. The molecule has 6 aromatic rings. The molecule has 192 valence electrons. The topological polar surface area (TPSA) is 125 Å². The number of pyridine rings is 4. The van der Waals surface area contributed by atoms with E-state index in [1.165, 1.54) is 6.42 Å². The van der Waals surface area contributed by atoms with Crippen molar-refractivity contribution < 1.29 is 4.79 Å². The maximum absolute atomic E-state index is 12.8. The van der Waals surface area contributed by atoms with Crippen molar-refractivity contribution in [3.8, 4) is 33.9 Å². The van der Waals surface area contributed by atoms with Crippen molar-refractivity contribution >= 4 is 33.5 Å². The van der Waals surface area contributed by atoms with E-state index >= 15 is 0 Å². The van der Waals surface area contributed by atoms with Crippen molar-refractivity contribution in [2.75, 3.05) is 5.32 Å². The highest BCUT2D eigenvalue weighted by molar-refractivity contribution is 5.99. The molecule has 0 radical (unpaired) electrons. The Bertz CT molecular complexity index is 1800. The van der Waals surface area contributed by atoms with Gasteiger partial charge in [0.15, 0.2) is 0 Å². The molecular weight excluding hydrogens is 488 g/mol. The van der Waals surface area contributed by atoms with Crippen LogP contribution < -0.4 is 5.32 Å². The summed E-state index contributed by atoms with van der Waals surface area (Å²) in [6.07, 6.45) is 14.1. The summed E-state index contributed by atoms with van der Waals surface area (Å²) >= 11 is 0. The second kappa shape index (κ2) is 9.75. The molecule has 0 saturated heterocycles. The lowest BCUT2D eigenvalue weighted by Gasteiger charge is -2.20. The molecule has 6 heterocycles. The van der Waals surface area contributed by atoms with Gasteiger partial charge in [-0.2, -0.15) is 5.10 Å². The van der Waals surface area contributed by atoms with Crippen LogP contribution in [-0.4, -0.2) is 41.0 Å². The molecule has 1 amide bonds. The fourth-order valence-corrected chi connectivity index (χ4v) is 5.43. The number of H-pyrrole nitrogens is 2. The van der Waals surface area contributed by atoms with Crippen LogP contribution in [0.15, 0.2) is 73.4 Å². The van der Waals surface area contributed by atoms with Crippen LogP contribution in [0.3, 0.4) is 0 Å². The lowest BCUT2D eigenvalue weighted by atomic mass is 9.88. The molecule has 0 atom stereocenters. The quantitative estimate of drug-likeness (QED) is 0.254. The van der Waals surface area contributed by atoms with Crippen LogP contribution in [0.1, 0.15) is 32.1 Å². The first-order valence-corrected chi connectivity index (χ1v) is 13.2. The van der Waals surface area contributed by atoms with E-state index in [2.05, 4.69) is 41.5 Å². The predicted octanol–water partition coefficient (Wildman–Crippen LogP) is 6.14. The van der Waals surface area contributed by atoms with Crippen LogP contribution in [-0.2, 0) is 4.79 Å². The average Bonchev–Trinajstić information content (AvgIpc) is 3.62. The van der Waals surface area contributed by atoms with E-state index in [-0.39, 0.29) is 11.8 Å². The first-order chi connectivity index (χ1) is 19.2. The summed E-state index contributed by atoms with van der Waals surface area (Å²) < 4.78 is 0. The van der Waals surface area contributed by atoms with Gasteiger partial charge in [-0.1, -0.05) is 19.3 Å². The number of aromatic amines is 2. The first kappa shape index (κ1) is 23.2. The number of fused-ring (bicyclic) bond motifs is 2. The molecule has 3 N–H and O–H groups in total. The molecule has 6 aromatic heterocycles. The van der Waals surface area contributed by atoms with Crippen molar-refractivity contribution in [3.05, 3.63) is 73.4 Å². The number of nitrogens with zero attached hydrogens (tertiary/aromatic N) is 5. The zero-order chi connectivity index (χ0) is 26.2. The smallest absolute Gasteiger partial charge is 0.227 e. The predicted molar refractivity (Wildman–Crippen MR) is 151 cm³/mol. The van der Waals surface area contributed by atoms with E-state index in [9.17, 15) is 4.79 Å². The van der Waals surface area contributed by atoms with Gasteiger partial charge < -0.3 is 10.3 Å². The average molecular weight is 515 g/mol. The number of carbonyl (C=O) groups is 1. The molecular formula is C30H26N8O. The van der Waals surface area contributed by atoms with Crippen LogP contribution >= 0.6 is 0 Å². The number of amides is 1. The van der Waals surface area contributed by atoms with E-state index in [1.54, 1.807) is 31.0 Å². The normalized spacial score (nSPS) is 14.2. The van der Waals surface area contributed by atoms with E-state index in [1.807, 2.05) is 36.4 Å². The van der Waals surface area contributed by atoms with Crippen LogP contribution in [0.4, 0.5) is 5.69 Å². The zero-order valence-corrected chi connectivity index (χ0v) is 21.2. The van der Waals surface area contributed by atoms with Crippen molar-refractivity contribution in [2.24, 2.45) is 5.92 Å². The molecule has 7 rings (SSSR count). The van der Waals surface area contributed by atoms with E-state index in [0.717, 1.165) is 81.5 Å². The first-order valence-electron chi connectivity index (χ1n) is 13.2. The molecule has 39 heavy (non-hydrogen) atoms. The van der Waals surface area contributed by atoms with Gasteiger partial charge in [0.05, 0.1) is 34.5 Å². The highest BCUT2D eigenvalue weighted by Gasteiger charge is 2.21. The third-order valence-electron chi connectivity index (χ3n) is 7.44. The third-order valence-corrected chi connectivity index (χ3v) is 7.44. The van der Waals surface area contributed by atoms with Crippen LogP contribution in [0.2, 0.25) is 0 Å². The summed E-state index contributed by atoms with van der Waals surface area (Å²) in [4.78, 5) is 34.3. The Labute approximate surface area is 224 Å². The largest absolute Gasteiger partial charge is 0.353 e. The van der Waals surface area contributed by atoms with Gasteiger partial charge in [-0.25, -0.2) is 4.98 Å². The molecule has 0 aromatic carbocycles. The Kier molecular flexibility index (Phi) is 5.81. The number of hydrogen-bond acceptors (Lipinski definition) is 6. The summed E-state index contributed by atoms with van der Waals surface area (Å²) in [7, 11) is 0. The second-order valence-electron chi connectivity index (χ2n) is 9.99. The summed E-state index contributed by atoms with van der Waals surface area (Å²) in [5, 5.41) is 11.7. The Balaban J connectivity index is 1.23. The Morgan fingerprint density at radius 1 is 0.846 bits per heavy atom. The number of rotatable bonds is 5. The highest BCUT2D eigenvalue weighted by atomic mass is 16.1. The monoisotopic (exact) mass is 514 g/mol. The molecule has 1 fully saturated rings. The maximum Gasteiger partial charge on any atom is 0.227 e. The lowest BCUT2D eigenvalue weighted by Crippen LogP contribution is -2.24. The number of hydrogen-bond donors (Lipinski definition) is 3. The summed E-state index contributed by atoms with van der Waals surface area (Å²) in [6.45, 7) is 0. The number of aromatic nitrogens is 7. The minimum Gasteiger partial charge on any atom is -0.353 e. The van der Waals surface area contributed by atoms with Gasteiger partial charge in [0.25, 0.3) is 0 Å². The van der Waals surface area contributed by atoms with Crippen LogP contribution in [0, 0.1) is 5.92 Å². The Hall–Kier alpha value is -4.92. The fraction of sp³-hybridized carbons (Fsp3) is 0.200. The maximum atomic E-state index is 12.8. The fourth-order valence-electron chi connectivity index (χ4n) is 5.43. The number of carbonyl (C=O) groups excluding carboxylic acids is 1. The lowest BCUT2D eigenvalue weighted by molar-refractivity contribution is -0.120. The number of nitrogens with one attached hydrogen (secondary N) is 3. The number of anilines is 1. The van der Waals surface area contributed by atoms with Crippen LogP contribution in [0.5, 0.6) is 0 Å². The van der Waals surface area contributed by atoms with Gasteiger partial charge in [-0.05, 0) is 55.3 Å². The Morgan fingerprint density at radius 2 is 1.72 bits per heavy atom. The minimum atomic E-state index is 0.0774. The molecule has 0 unspecified atom stereocenters. The zero-order valence-electron chi connectivity index (χ0n) is 21.2. The molecule has 1 aliphatic rings. The van der Waals surface area contributed by atoms with Gasteiger partial charge >= 0.3 is 0 Å². The minimum absolute atomic E-state index is 0.0774. The molecule has 9 nitrogen and oxygen atoms in total. The van der Waals surface area contributed by atoms with Gasteiger partial charge in [-0.15, -0.1) is 0 Å². The van der Waals surface area contributed by atoms with Gasteiger partial charge in [0, 0.05) is 52.7 Å². The van der Waals surface area contributed by atoms with Gasteiger partial charge in [0.1, 0.15) is 11.2 Å². The Morgan fingerprint density at radius 3 is 2.59 bits per heavy atom. The van der Waals surface area contributed by atoms with E-state index in [4.69, 9.17) is 4.98 Å². The summed E-state index contributed by atoms with van der Waals surface area (Å²) in [5.41, 5.74) is 8.24. The molecule has 1 saturated carbocycles. The molecule has 0 bridgehead atoms. The van der Waals surface area contributed by atoms with Crippen molar-refractivity contribution in [1.29, 1.82) is 0 Å². The standard InChI is InChI=1S/C30H26N8O/c39-30(19-4-2-1-3-5-19)34-21-14-20(16-32-17-21)23-6-7-25-28(36-23)29(38-37-25)26-15-22-24(35-26)10-13-33-27(22)18-8-11-31-12-9-18/h6-17,19,35H,1-5H2,(H,34,39)(H,37,38). The third kappa shape index (κ3) is 4.41. The van der Waals surface area contributed by atoms with E-state index in [0.29, 0.717) is 5.69 Å². The highest BCUT2D eigenvalue weighted by Crippen LogP contribution is 2.33. The van der Waals surface area contributed by atoms with Crippen LogP contribution in [0.25, 0.3) is 55.8 Å².